The Morgan fingerprint density at radius 1 is 1.13 bits per heavy atom. The number of para-hydroxylation sites is 1. The van der Waals surface area contributed by atoms with Gasteiger partial charge in [0.15, 0.2) is 0 Å². The van der Waals surface area contributed by atoms with Gasteiger partial charge in [-0.1, -0.05) is 34.1 Å². The fraction of sp³-hybridized carbons (Fsp3) is 0.188. The predicted molar refractivity (Wildman–Crippen MR) is 90.8 cm³/mol. The molecule has 0 aliphatic rings. The Labute approximate surface area is 144 Å². The summed E-state index contributed by atoms with van der Waals surface area (Å²) >= 11 is 3.25. The lowest BCUT2D eigenvalue weighted by atomic mass is 10.2. The summed E-state index contributed by atoms with van der Waals surface area (Å²) in [5.41, 5.74) is 0.805. The van der Waals surface area contributed by atoms with Gasteiger partial charge in [-0.15, -0.1) is 0 Å². The number of esters is 1. The van der Waals surface area contributed by atoms with Crippen molar-refractivity contribution in [1.29, 1.82) is 0 Å². The first kappa shape index (κ1) is 17.7. The average molecular weight is 398 g/mol. The number of carbonyl (C=O) groups is 1. The Hall–Kier alpha value is -1.70. The smallest absolute Gasteiger partial charge is 0.326 e. The molecule has 0 amide bonds. The maximum atomic E-state index is 12.4. The lowest BCUT2D eigenvalue weighted by Gasteiger charge is -2.16. The number of sulfonamides is 1. The van der Waals surface area contributed by atoms with Crippen LogP contribution in [0.5, 0.6) is 5.75 Å². The van der Waals surface area contributed by atoms with Crippen molar-refractivity contribution in [2.75, 3.05) is 13.6 Å². The molecule has 0 aliphatic carbocycles. The van der Waals surface area contributed by atoms with Gasteiger partial charge in [0.1, 0.15) is 12.3 Å². The van der Waals surface area contributed by atoms with Gasteiger partial charge in [0.25, 0.3) is 0 Å². The van der Waals surface area contributed by atoms with Crippen LogP contribution in [0.15, 0.2) is 57.9 Å². The molecule has 0 saturated carbocycles. The molecule has 0 bridgehead atoms. The van der Waals surface area contributed by atoms with Crippen molar-refractivity contribution < 1.29 is 17.9 Å². The molecule has 23 heavy (non-hydrogen) atoms. The van der Waals surface area contributed by atoms with Gasteiger partial charge >= 0.3 is 5.97 Å². The summed E-state index contributed by atoms with van der Waals surface area (Å²) in [5.74, 6) is -0.213. The van der Waals surface area contributed by atoms with Crippen LogP contribution < -0.4 is 4.74 Å². The summed E-state index contributed by atoms with van der Waals surface area (Å²) in [6, 6.07) is 13.3. The van der Waals surface area contributed by atoms with E-state index in [0.29, 0.717) is 5.75 Å². The molecule has 2 aromatic rings. The third-order valence-electron chi connectivity index (χ3n) is 3.19. The van der Waals surface area contributed by atoms with Crippen molar-refractivity contribution in [2.45, 2.75) is 11.8 Å². The SMILES string of the molecule is Cc1ccccc1OC(=O)CN(C)S(=O)(=O)c1ccc(Br)cc1. The van der Waals surface area contributed by atoms with Gasteiger partial charge < -0.3 is 4.74 Å². The van der Waals surface area contributed by atoms with Gasteiger partial charge in [-0.05, 0) is 42.8 Å². The van der Waals surface area contributed by atoms with Crippen molar-refractivity contribution in [3.63, 3.8) is 0 Å². The zero-order valence-corrected chi connectivity index (χ0v) is 15.1. The number of ether oxygens (including phenoxy) is 1. The minimum Gasteiger partial charge on any atom is -0.425 e. The summed E-state index contributed by atoms with van der Waals surface area (Å²) in [5, 5.41) is 0. The van der Waals surface area contributed by atoms with E-state index in [-0.39, 0.29) is 11.4 Å². The monoisotopic (exact) mass is 397 g/mol. The fourth-order valence-corrected chi connectivity index (χ4v) is 3.26. The van der Waals surface area contributed by atoms with E-state index in [1.165, 1.54) is 19.2 Å². The molecule has 0 aromatic heterocycles. The van der Waals surface area contributed by atoms with Crippen LogP contribution in [0.2, 0.25) is 0 Å². The Balaban J connectivity index is 2.08. The van der Waals surface area contributed by atoms with Crippen LogP contribution in [-0.4, -0.2) is 32.3 Å². The minimum atomic E-state index is -3.74. The van der Waals surface area contributed by atoms with E-state index in [0.717, 1.165) is 14.3 Å². The average Bonchev–Trinajstić information content (AvgIpc) is 2.50. The fourth-order valence-electron chi connectivity index (χ4n) is 1.88. The van der Waals surface area contributed by atoms with Crippen LogP contribution in [0.4, 0.5) is 0 Å². The lowest BCUT2D eigenvalue weighted by Crippen LogP contribution is -2.34. The van der Waals surface area contributed by atoms with E-state index in [4.69, 9.17) is 4.74 Å². The number of carbonyl (C=O) groups excluding carboxylic acids is 1. The molecule has 0 heterocycles. The molecule has 2 rings (SSSR count). The normalized spacial score (nSPS) is 11.5. The molecule has 7 heteroatoms. The molecule has 0 unspecified atom stereocenters. The van der Waals surface area contributed by atoms with Crippen molar-refractivity contribution in [3.8, 4) is 5.75 Å². The van der Waals surface area contributed by atoms with E-state index in [9.17, 15) is 13.2 Å². The maximum absolute atomic E-state index is 12.4. The van der Waals surface area contributed by atoms with Crippen LogP contribution in [0.1, 0.15) is 5.56 Å². The standard InChI is InChI=1S/C16H16BrNO4S/c1-12-5-3-4-6-15(12)22-16(19)11-18(2)23(20,21)14-9-7-13(17)8-10-14/h3-10H,11H2,1-2H3. The van der Waals surface area contributed by atoms with Crippen LogP contribution in [-0.2, 0) is 14.8 Å². The highest BCUT2D eigenvalue weighted by atomic mass is 79.9. The number of benzene rings is 2. The van der Waals surface area contributed by atoms with Gasteiger partial charge in [-0.2, -0.15) is 4.31 Å². The Bertz CT molecular complexity index is 803. The van der Waals surface area contributed by atoms with Crippen LogP contribution in [0, 0.1) is 6.92 Å². The van der Waals surface area contributed by atoms with Gasteiger partial charge in [0.05, 0.1) is 4.90 Å². The highest BCUT2D eigenvalue weighted by Crippen LogP contribution is 2.19. The third-order valence-corrected chi connectivity index (χ3v) is 5.54. The second kappa shape index (κ2) is 7.25. The first-order valence-electron chi connectivity index (χ1n) is 6.79. The first-order valence-corrected chi connectivity index (χ1v) is 9.02. The van der Waals surface area contributed by atoms with Crippen LogP contribution in [0.25, 0.3) is 0 Å². The zero-order chi connectivity index (χ0) is 17.0. The number of hydrogen-bond acceptors (Lipinski definition) is 4. The molecule has 0 fully saturated rings. The van der Waals surface area contributed by atoms with Crippen molar-refractivity contribution >= 4 is 31.9 Å². The summed E-state index contributed by atoms with van der Waals surface area (Å²) in [4.78, 5) is 12.1. The molecule has 0 radical (unpaired) electrons. The second-order valence-electron chi connectivity index (χ2n) is 4.95. The Morgan fingerprint density at radius 3 is 2.35 bits per heavy atom. The number of nitrogens with zero attached hydrogens (tertiary/aromatic N) is 1. The van der Waals surface area contributed by atoms with Crippen molar-refractivity contribution in [3.05, 3.63) is 58.6 Å². The summed E-state index contributed by atoms with van der Waals surface area (Å²) in [6.07, 6.45) is 0. The van der Waals surface area contributed by atoms with Gasteiger partial charge in [0, 0.05) is 11.5 Å². The van der Waals surface area contributed by atoms with Gasteiger partial charge in [-0.25, -0.2) is 8.42 Å². The number of halogens is 1. The summed E-state index contributed by atoms with van der Waals surface area (Å²) in [6.45, 7) is 1.44. The van der Waals surface area contributed by atoms with Crippen LogP contribution >= 0.6 is 15.9 Å². The highest BCUT2D eigenvalue weighted by Gasteiger charge is 2.23. The number of rotatable bonds is 5. The molecule has 0 aliphatic heterocycles. The highest BCUT2D eigenvalue weighted by molar-refractivity contribution is 9.10. The molecule has 2 aromatic carbocycles. The summed E-state index contributed by atoms with van der Waals surface area (Å²) in [7, 11) is -2.40. The second-order valence-corrected chi connectivity index (χ2v) is 7.92. The molecular formula is C16H16BrNO4S. The van der Waals surface area contributed by atoms with E-state index < -0.39 is 16.0 Å². The molecule has 0 saturated heterocycles. The maximum Gasteiger partial charge on any atom is 0.326 e. The Morgan fingerprint density at radius 2 is 1.74 bits per heavy atom. The largest absolute Gasteiger partial charge is 0.425 e. The van der Waals surface area contributed by atoms with Crippen LogP contribution in [0.3, 0.4) is 0 Å². The van der Waals surface area contributed by atoms with E-state index in [1.54, 1.807) is 24.3 Å². The number of hydrogen-bond donors (Lipinski definition) is 0. The first-order chi connectivity index (χ1) is 10.8. The predicted octanol–water partition coefficient (Wildman–Crippen LogP) is 2.98. The van der Waals surface area contributed by atoms with Gasteiger partial charge in [0.2, 0.25) is 10.0 Å². The van der Waals surface area contributed by atoms with E-state index in [1.807, 2.05) is 19.1 Å². The summed E-state index contributed by atoms with van der Waals surface area (Å²) < 4.78 is 31.8. The molecule has 0 atom stereocenters. The minimum absolute atomic E-state index is 0.117. The molecule has 0 spiro atoms. The topological polar surface area (TPSA) is 63.7 Å². The number of likely N-dealkylation sites (N-methyl/N-ethyl adjacent to an activating group) is 1. The molecule has 5 nitrogen and oxygen atoms in total. The molecule has 122 valence electrons. The van der Waals surface area contributed by atoms with E-state index in [2.05, 4.69) is 15.9 Å². The number of aryl methyl sites for hydroxylation is 1. The van der Waals surface area contributed by atoms with Gasteiger partial charge in [-0.3, -0.25) is 4.79 Å². The molecule has 0 N–H and O–H groups in total. The lowest BCUT2D eigenvalue weighted by molar-refractivity contribution is -0.134. The third kappa shape index (κ3) is 4.40. The molecular weight excluding hydrogens is 382 g/mol. The van der Waals surface area contributed by atoms with E-state index >= 15 is 0 Å². The van der Waals surface area contributed by atoms with Crippen molar-refractivity contribution in [2.24, 2.45) is 0 Å². The quantitative estimate of drug-likeness (QED) is 0.574. The van der Waals surface area contributed by atoms with Crippen molar-refractivity contribution in [1.82, 2.24) is 4.31 Å². The Kier molecular flexibility index (Phi) is 5.56. The zero-order valence-electron chi connectivity index (χ0n) is 12.7.